The Kier molecular flexibility index (Phi) is 5.14. The van der Waals surface area contributed by atoms with Gasteiger partial charge in [0, 0.05) is 4.47 Å². The van der Waals surface area contributed by atoms with Gasteiger partial charge in [-0.15, -0.1) is 0 Å². The molecule has 1 N–H and O–H groups in total. The second kappa shape index (κ2) is 6.65. The molecule has 100 valence electrons. The van der Waals surface area contributed by atoms with E-state index in [1.807, 2.05) is 24.3 Å². The molecular formula is C15H14BrCl2N. The van der Waals surface area contributed by atoms with Crippen LogP contribution < -0.4 is 5.32 Å². The van der Waals surface area contributed by atoms with Gasteiger partial charge in [0.15, 0.2) is 0 Å². The van der Waals surface area contributed by atoms with Crippen LogP contribution in [0, 0.1) is 0 Å². The van der Waals surface area contributed by atoms with E-state index in [0.29, 0.717) is 10.0 Å². The molecule has 0 saturated heterocycles. The van der Waals surface area contributed by atoms with Crippen LogP contribution >= 0.6 is 39.1 Å². The first-order chi connectivity index (χ1) is 9.11. The van der Waals surface area contributed by atoms with Crippen molar-refractivity contribution in [3.05, 3.63) is 62.5 Å². The molecule has 0 aromatic heterocycles. The molecule has 0 aliphatic carbocycles. The van der Waals surface area contributed by atoms with Crippen molar-refractivity contribution in [2.75, 3.05) is 5.32 Å². The lowest BCUT2D eigenvalue weighted by Gasteiger charge is -2.20. The zero-order valence-corrected chi connectivity index (χ0v) is 13.6. The number of hydrogen-bond donors (Lipinski definition) is 1. The fourth-order valence-corrected chi connectivity index (χ4v) is 2.54. The van der Waals surface area contributed by atoms with Gasteiger partial charge in [0.1, 0.15) is 0 Å². The van der Waals surface area contributed by atoms with E-state index in [9.17, 15) is 0 Å². The molecule has 0 spiro atoms. The van der Waals surface area contributed by atoms with E-state index in [2.05, 4.69) is 40.3 Å². The lowest BCUT2D eigenvalue weighted by molar-refractivity contribution is 0.749. The molecule has 1 unspecified atom stereocenters. The summed E-state index contributed by atoms with van der Waals surface area (Å²) in [5, 5.41) is 4.58. The molecule has 0 bridgehead atoms. The molecular weight excluding hydrogens is 345 g/mol. The molecule has 2 rings (SSSR count). The van der Waals surface area contributed by atoms with Crippen LogP contribution in [0.4, 0.5) is 5.69 Å². The standard InChI is InChI=1S/C15H14BrCl2N/c1-2-13(10-6-8-11(16)9-7-10)19-14-5-3-4-12(17)15(14)18/h3-9,13,19H,2H2,1H3. The maximum Gasteiger partial charge on any atom is 0.0823 e. The third kappa shape index (κ3) is 3.65. The SMILES string of the molecule is CCC(Nc1cccc(Cl)c1Cl)c1ccc(Br)cc1. The molecule has 19 heavy (non-hydrogen) atoms. The Bertz CT molecular complexity index is 555. The molecule has 0 heterocycles. The first kappa shape index (κ1) is 14.7. The highest BCUT2D eigenvalue weighted by Crippen LogP contribution is 2.33. The zero-order chi connectivity index (χ0) is 13.8. The molecule has 1 atom stereocenters. The fourth-order valence-electron chi connectivity index (χ4n) is 1.92. The summed E-state index contributed by atoms with van der Waals surface area (Å²) in [6.45, 7) is 2.14. The molecule has 0 radical (unpaired) electrons. The Morgan fingerprint density at radius 3 is 2.42 bits per heavy atom. The van der Waals surface area contributed by atoms with Crippen LogP contribution in [-0.2, 0) is 0 Å². The van der Waals surface area contributed by atoms with Crippen molar-refractivity contribution in [2.45, 2.75) is 19.4 Å². The van der Waals surface area contributed by atoms with Crippen molar-refractivity contribution >= 4 is 44.8 Å². The van der Waals surface area contributed by atoms with Gasteiger partial charge in [0.25, 0.3) is 0 Å². The molecule has 1 nitrogen and oxygen atoms in total. The van der Waals surface area contributed by atoms with Gasteiger partial charge in [-0.3, -0.25) is 0 Å². The Balaban J connectivity index is 2.24. The predicted molar refractivity (Wildman–Crippen MR) is 87.3 cm³/mol. The minimum Gasteiger partial charge on any atom is -0.377 e. The Morgan fingerprint density at radius 2 is 1.79 bits per heavy atom. The maximum atomic E-state index is 6.21. The summed E-state index contributed by atoms with van der Waals surface area (Å²) in [5.41, 5.74) is 2.09. The molecule has 4 heteroatoms. The third-order valence-corrected chi connectivity index (χ3v) is 4.31. The second-order valence-electron chi connectivity index (χ2n) is 4.26. The molecule has 0 aliphatic rings. The zero-order valence-electron chi connectivity index (χ0n) is 10.5. The van der Waals surface area contributed by atoms with Gasteiger partial charge in [0.05, 0.1) is 21.8 Å². The van der Waals surface area contributed by atoms with E-state index in [1.54, 1.807) is 6.07 Å². The van der Waals surface area contributed by atoms with Gasteiger partial charge >= 0.3 is 0 Å². The minimum atomic E-state index is 0.212. The fraction of sp³-hybridized carbons (Fsp3) is 0.200. The topological polar surface area (TPSA) is 12.0 Å². The second-order valence-corrected chi connectivity index (χ2v) is 5.96. The first-order valence-corrected chi connectivity index (χ1v) is 7.62. The summed E-state index contributed by atoms with van der Waals surface area (Å²) in [6, 6.07) is 14.1. The van der Waals surface area contributed by atoms with Gasteiger partial charge < -0.3 is 5.32 Å². The summed E-state index contributed by atoms with van der Waals surface area (Å²) >= 11 is 15.7. The first-order valence-electron chi connectivity index (χ1n) is 6.08. The van der Waals surface area contributed by atoms with E-state index in [4.69, 9.17) is 23.2 Å². The summed E-state index contributed by atoms with van der Waals surface area (Å²) < 4.78 is 1.08. The molecule has 0 saturated carbocycles. The van der Waals surface area contributed by atoms with Crippen molar-refractivity contribution in [1.82, 2.24) is 0 Å². The van der Waals surface area contributed by atoms with E-state index < -0.39 is 0 Å². The number of hydrogen-bond acceptors (Lipinski definition) is 1. The monoisotopic (exact) mass is 357 g/mol. The number of nitrogens with one attached hydrogen (secondary N) is 1. The number of anilines is 1. The minimum absolute atomic E-state index is 0.212. The molecule has 0 aliphatic heterocycles. The van der Waals surface area contributed by atoms with Crippen molar-refractivity contribution in [2.24, 2.45) is 0 Å². The lowest BCUT2D eigenvalue weighted by Crippen LogP contribution is -2.09. The highest BCUT2D eigenvalue weighted by atomic mass is 79.9. The molecule has 2 aromatic rings. The van der Waals surface area contributed by atoms with E-state index in [1.165, 1.54) is 5.56 Å². The van der Waals surface area contributed by atoms with Crippen molar-refractivity contribution in [3.63, 3.8) is 0 Å². The van der Waals surface area contributed by atoms with Crippen LogP contribution in [0.25, 0.3) is 0 Å². The smallest absolute Gasteiger partial charge is 0.0823 e. The van der Waals surface area contributed by atoms with E-state index in [-0.39, 0.29) is 6.04 Å². The Hall–Kier alpha value is -0.700. The van der Waals surface area contributed by atoms with Gasteiger partial charge in [-0.1, -0.05) is 64.3 Å². The van der Waals surface area contributed by atoms with Crippen molar-refractivity contribution in [1.29, 1.82) is 0 Å². The highest BCUT2D eigenvalue weighted by Gasteiger charge is 2.12. The normalized spacial score (nSPS) is 12.2. The number of benzene rings is 2. The molecule has 0 fully saturated rings. The maximum absolute atomic E-state index is 6.21. The Morgan fingerprint density at radius 1 is 1.11 bits per heavy atom. The van der Waals surface area contributed by atoms with Crippen LogP contribution in [-0.4, -0.2) is 0 Å². The van der Waals surface area contributed by atoms with Crippen LogP contribution in [0.1, 0.15) is 24.9 Å². The third-order valence-electron chi connectivity index (χ3n) is 2.96. The van der Waals surface area contributed by atoms with Crippen molar-refractivity contribution in [3.8, 4) is 0 Å². The van der Waals surface area contributed by atoms with E-state index >= 15 is 0 Å². The van der Waals surface area contributed by atoms with Crippen LogP contribution in [0.3, 0.4) is 0 Å². The van der Waals surface area contributed by atoms with Gasteiger partial charge in [-0.25, -0.2) is 0 Å². The van der Waals surface area contributed by atoms with Gasteiger partial charge in [0.2, 0.25) is 0 Å². The van der Waals surface area contributed by atoms with Crippen LogP contribution in [0.2, 0.25) is 10.0 Å². The predicted octanol–water partition coefficient (Wildman–Crippen LogP) is 6.32. The largest absolute Gasteiger partial charge is 0.377 e. The number of rotatable bonds is 4. The van der Waals surface area contributed by atoms with Crippen molar-refractivity contribution < 1.29 is 0 Å². The average Bonchev–Trinajstić information content (AvgIpc) is 2.42. The van der Waals surface area contributed by atoms with Crippen LogP contribution in [0.15, 0.2) is 46.9 Å². The Labute approximate surface area is 132 Å². The van der Waals surface area contributed by atoms with Gasteiger partial charge in [-0.05, 0) is 36.2 Å². The van der Waals surface area contributed by atoms with Gasteiger partial charge in [-0.2, -0.15) is 0 Å². The molecule has 0 amide bonds. The van der Waals surface area contributed by atoms with Crippen LogP contribution in [0.5, 0.6) is 0 Å². The lowest BCUT2D eigenvalue weighted by atomic mass is 10.0. The highest BCUT2D eigenvalue weighted by molar-refractivity contribution is 9.10. The summed E-state index contributed by atoms with van der Waals surface area (Å²) in [4.78, 5) is 0. The summed E-state index contributed by atoms with van der Waals surface area (Å²) in [7, 11) is 0. The van der Waals surface area contributed by atoms with E-state index in [0.717, 1.165) is 16.6 Å². The summed E-state index contributed by atoms with van der Waals surface area (Å²) in [6.07, 6.45) is 0.963. The molecule has 2 aromatic carbocycles. The summed E-state index contributed by atoms with van der Waals surface area (Å²) in [5.74, 6) is 0. The number of halogens is 3. The quantitative estimate of drug-likeness (QED) is 0.674. The average molecular weight is 359 g/mol.